The molecule has 0 aromatic heterocycles. The zero-order valence-electron chi connectivity index (χ0n) is 12.1. The lowest BCUT2D eigenvalue weighted by molar-refractivity contribution is -0.109. The molecule has 6 nitrogen and oxygen atoms in total. The summed E-state index contributed by atoms with van der Waals surface area (Å²) in [6, 6.07) is 8.94. The van der Waals surface area contributed by atoms with Gasteiger partial charge in [-0.2, -0.15) is 0 Å². The highest BCUT2D eigenvalue weighted by molar-refractivity contribution is 6.60. The molecule has 118 valence electrons. The first-order chi connectivity index (χ1) is 10.0. The molecule has 1 atom stereocenters. The summed E-state index contributed by atoms with van der Waals surface area (Å²) in [5.74, 6) is 0. The predicted molar refractivity (Wildman–Crippen MR) is 77.2 cm³/mol. The molecule has 0 bridgehead atoms. The van der Waals surface area contributed by atoms with E-state index in [1.807, 2.05) is 30.3 Å². The highest BCUT2D eigenvalue weighted by Gasteiger charge is 2.43. The Morgan fingerprint density at radius 1 is 1.19 bits per heavy atom. The third-order valence-corrected chi connectivity index (χ3v) is 3.88. The zero-order valence-corrected chi connectivity index (χ0v) is 12.1. The molecule has 2 rings (SSSR count). The summed E-state index contributed by atoms with van der Waals surface area (Å²) in [6.07, 6.45) is 0. The van der Waals surface area contributed by atoms with Crippen LogP contribution < -0.4 is 0 Å². The summed E-state index contributed by atoms with van der Waals surface area (Å²) in [7, 11) is 0. The second-order valence-electron chi connectivity index (χ2n) is 5.67. The summed E-state index contributed by atoms with van der Waals surface area (Å²) < 4.78 is 16.3. The van der Waals surface area contributed by atoms with E-state index >= 15 is 0 Å². The van der Waals surface area contributed by atoms with Gasteiger partial charge in [0.1, 0.15) is 0 Å². The van der Waals surface area contributed by atoms with Crippen LogP contribution in [0.3, 0.4) is 0 Å². The van der Waals surface area contributed by atoms with Crippen molar-refractivity contribution >= 4 is 6.75 Å². The highest BCUT2D eigenvalue weighted by Crippen LogP contribution is 2.28. The maximum atomic E-state index is 10.4. The molecule has 0 unspecified atom stereocenters. The van der Waals surface area contributed by atoms with Gasteiger partial charge >= 0.3 is 6.75 Å². The minimum atomic E-state index is -2.59. The second kappa shape index (κ2) is 6.87. The molecule has 0 aliphatic carbocycles. The van der Waals surface area contributed by atoms with Crippen LogP contribution in [0.15, 0.2) is 30.3 Å². The fourth-order valence-electron chi connectivity index (χ4n) is 2.11. The number of ether oxygens (including phenoxy) is 1. The quantitative estimate of drug-likeness (QED) is 0.645. The van der Waals surface area contributed by atoms with Gasteiger partial charge in [-0.1, -0.05) is 37.3 Å². The minimum Gasteiger partial charge on any atom is -0.558 e. The van der Waals surface area contributed by atoms with Crippen molar-refractivity contribution < 1.29 is 29.3 Å². The SMILES string of the molecule is C[C@H](OCc1ccccc1)[B-]1(O)OCC(CO)(CO)CO1. The van der Waals surface area contributed by atoms with Crippen molar-refractivity contribution in [3.8, 4) is 0 Å². The first-order valence-corrected chi connectivity index (χ1v) is 7.05. The van der Waals surface area contributed by atoms with E-state index in [9.17, 15) is 15.2 Å². The van der Waals surface area contributed by atoms with Gasteiger partial charge in [-0.3, -0.25) is 0 Å². The van der Waals surface area contributed by atoms with Gasteiger partial charge in [0.15, 0.2) is 0 Å². The standard InChI is InChI=1S/C14H22BO6/c1-12(19-7-13-5-3-2-4-6-13)15(18)20-10-14(8-16,9-17)11-21-15/h2-6,12,16-18H,7-11H2,1H3/q-1/t12-/m0/s1. The Bertz CT molecular complexity index is 426. The molecule has 0 spiro atoms. The first kappa shape index (κ1) is 16.4. The molecule has 0 saturated carbocycles. The Labute approximate surface area is 124 Å². The number of hydrogen-bond donors (Lipinski definition) is 3. The highest BCUT2D eigenvalue weighted by atomic mass is 16.7. The molecule has 0 amide bonds. The van der Waals surface area contributed by atoms with Crippen LogP contribution in [-0.2, 0) is 20.7 Å². The summed E-state index contributed by atoms with van der Waals surface area (Å²) in [6.45, 7) is -1.07. The maximum Gasteiger partial charge on any atom is 0.404 e. The lowest BCUT2D eigenvalue weighted by atomic mass is 9.69. The number of rotatable bonds is 6. The number of benzene rings is 1. The lowest BCUT2D eigenvalue weighted by Gasteiger charge is -2.50. The zero-order chi connectivity index (χ0) is 15.3. The molecule has 1 aliphatic heterocycles. The van der Waals surface area contributed by atoms with Gasteiger partial charge in [-0.05, 0) is 5.56 Å². The summed E-state index contributed by atoms with van der Waals surface area (Å²) in [5.41, 5.74) is 0.118. The second-order valence-corrected chi connectivity index (χ2v) is 5.67. The molecule has 1 aromatic rings. The van der Waals surface area contributed by atoms with E-state index in [-0.39, 0.29) is 26.4 Å². The summed E-state index contributed by atoms with van der Waals surface area (Å²) in [4.78, 5) is 0. The Balaban J connectivity index is 1.89. The van der Waals surface area contributed by atoms with E-state index in [2.05, 4.69) is 0 Å². The molecule has 1 aromatic carbocycles. The van der Waals surface area contributed by atoms with Crippen LogP contribution in [0.1, 0.15) is 12.5 Å². The van der Waals surface area contributed by atoms with Gasteiger partial charge in [-0.15, -0.1) is 0 Å². The molecule has 0 radical (unpaired) electrons. The molecular formula is C14H22BO6-. The van der Waals surface area contributed by atoms with Crippen LogP contribution in [-0.4, -0.2) is 54.4 Å². The average Bonchev–Trinajstić information content (AvgIpc) is 2.55. The van der Waals surface area contributed by atoms with Crippen molar-refractivity contribution in [3.05, 3.63) is 35.9 Å². The normalized spacial score (nSPS) is 21.9. The van der Waals surface area contributed by atoms with Crippen molar-refractivity contribution in [1.29, 1.82) is 0 Å². The van der Waals surface area contributed by atoms with Crippen molar-refractivity contribution in [2.24, 2.45) is 5.41 Å². The lowest BCUT2D eigenvalue weighted by Crippen LogP contribution is -2.62. The molecule has 3 N–H and O–H groups in total. The third kappa shape index (κ3) is 3.82. The van der Waals surface area contributed by atoms with Crippen molar-refractivity contribution in [2.75, 3.05) is 26.4 Å². The Hall–Kier alpha value is -0.955. The molecular weight excluding hydrogens is 275 g/mol. The summed E-state index contributed by atoms with van der Waals surface area (Å²) >= 11 is 0. The van der Waals surface area contributed by atoms with E-state index in [0.717, 1.165) is 5.56 Å². The van der Waals surface area contributed by atoms with Crippen LogP contribution in [0.5, 0.6) is 0 Å². The predicted octanol–water partition coefficient (Wildman–Crippen LogP) is 0.0799. The van der Waals surface area contributed by atoms with Gasteiger partial charge in [0.25, 0.3) is 0 Å². The number of hydrogen-bond acceptors (Lipinski definition) is 6. The molecule has 21 heavy (non-hydrogen) atoms. The monoisotopic (exact) mass is 297 g/mol. The third-order valence-electron chi connectivity index (χ3n) is 3.88. The topological polar surface area (TPSA) is 88.4 Å². The first-order valence-electron chi connectivity index (χ1n) is 7.05. The van der Waals surface area contributed by atoms with Crippen LogP contribution in [0.4, 0.5) is 0 Å². The van der Waals surface area contributed by atoms with Crippen LogP contribution in [0.25, 0.3) is 0 Å². The van der Waals surface area contributed by atoms with Crippen LogP contribution in [0.2, 0.25) is 0 Å². The van der Waals surface area contributed by atoms with Gasteiger partial charge in [0.2, 0.25) is 0 Å². The minimum absolute atomic E-state index is 0.0234. The maximum absolute atomic E-state index is 10.4. The Morgan fingerprint density at radius 3 is 2.29 bits per heavy atom. The smallest absolute Gasteiger partial charge is 0.404 e. The number of aliphatic hydroxyl groups excluding tert-OH is 2. The van der Waals surface area contributed by atoms with Crippen LogP contribution >= 0.6 is 0 Å². The Kier molecular flexibility index (Phi) is 5.37. The van der Waals surface area contributed by atoms with Gasteiger partial charge < -0.3 is 29.3 Å². The van der Waals surface area contributed by atoms with E-state index < -0.39 is 18.2 Å². The molecule has 7 heteroatoms. The number of aliphatic hydroxyl groups is 2. The van der Waals surface area contributed by atoms with Crippen molar-refractivity contribution in [2.45, 2.75) is 19.5 Å². The van der Waals surface area contributed by atoms with Crippen molar-refractivity contribution in [1.82, 2.24) is 0 Å². The molecule has 1 fully saturated rings. The fourth-order valence-corrected chi connectivity index (χ4v) is 2.11. The van der Waals surface area contributed by atoms with Gasteiger partial charge in [0.05, 0.1) is 25.2 Å². The van der Waals surface area contributed by atoms with E-state index in [1.54, 1.807) is 6.92 Å². The molecule has 1 heterocycles. The van der Waals surface area contributed by atoms with Crippen molar-refractivity contribution in [3.63, 3.8) is 0 Å². The summed E-state index contributed by atoms with van der Waals surface area (Å²) in [5, 5.41) is 28.9. The van der Waals surface area contributed by atoms with Gasteiger partial charge in [-0.25, -0.2) is 0 Å². The van der Waals surface area contributed by atoms with E-state index in [0.29, 0.717) is 6.61 Å². The van der Waals surface area contributed by atoms with E-state index in [4.69, 9.17) is 14.0 Å². The average molecular weight is 297 g/mol. The fraction of sp³-hybridized carbons (Fsp3) is 0.571. The van der Waals surface area contributed by atoms with Gasteiger partial charge in [0, 0.05) is 19.2 Å². The largest absolute Gasteiger partial charge is 0.558 e. The van der Waals surface area contributed by atoms with E-state index in [1.165, 1.54) is 0 Å². The Morgan fingerprint density at radius 2 is 1.76 bits per heavy atom. The molecule has 1 aliphatic rings. The van der Waals surface area contributed by atoms with Crippen LogP contribution in [0, 0.1) is 5.41 Å². The molecule has 1 saturated heterocycles.